The number of nitrogens with one attached hydrogen (secondary N) is 1. The molecule has 1 rings (SSSR count). The predicted octanol–water partition coefficient (Wildman–Crippen LogP) is 0.0657. The number of hydrogen-bond donors (Lipinski definition) is 2. The second-order valence-electron chi connectivity index (χ2n) is 3.47. The number of aliphatic hydroxyl groups is 1. The summed E-state index contributed by atoms with van der Waals surface area (Å²) in [6.07, 6.45) is 3.17. The molecule has 14 heavy (non-hydrogen) atoms. The molecule has 2 N–H and O–H groups in total. The van der Waals surface area contributed by atoms with Crippen LogP contribution in [0.25, 0.3) is 0 Å². The molecule has 0 saturated heterocycles. The van der Waals surface area contributed by atoms with Gasteiger partial charge in [0, 0.05) is 7.05 Å². The minimum atomic E-state index is -0.202. The van der Waals surface area contributed by atoms with Gasteiger partial charge in [-0.25, -0.2) is 4.98 Å². The number of aliphatic hydroxyl groups excluding tert-OH is 1. The molecular weight excluding hydrogens is 180 g/mol. The highest BCUT2D eigenvalue weighted by atomic mass is 16.3. The second kappa shape index (κ2) is 5.72. The Kier molecular flexibility index (Phi) is 4.55. The minimum absolute atomic E-state index is 0.202. The first-order valence-electron chi connectivity index (χ1n) is 4.92. The number of aryl methyl sites for hydroxylation is 1. The average Bonchev–Trinajstić information content (AvgIpc) is 2.51. The van der Waals surface area contributed by atoms with E-state index in [1.807, 2.05) is 14.0 Å². The summed E-state index contributed by atoms with van der Waals surface area (Å²) in [5.74, 6) is 0.932. The van der Waals surface area contributed by atoms with E-state index < -0.39 is 0 Å². The summed E-state index contributed by atoms with van der Waals surface area (Å²) in [6, 6.07) is 0. The maximum atomic E-state index is 9.03. The van der Waals surface area contributed by atoms with Gasteiger partial charge in [-0.2, -0.15) is 5.10 Å². The third-order valence-electron chi connectivity index (χ3n) is 2.06. The monoisotopic (exact) mass is 198 g/mol. The highest BCUT2D eigenvalue weighted by molar-refractivity contribution is 4.81. The van der Waals surface area contributed by atoms with Crippen molar-refractivity contribution in [3.8, 4) is 0 Å². The van der Waals surface area contributed by atoms with E-state index in [2.05, 4.69) is 15.4 Å². The Balaban J connectivity index is 2.08. The number of nitrogens with zero attached hydrogens (tertiary/aromatic N) is 3. The Labute approximate surface area is 84.2 Å². The van der Waals surface area contributed by atoms with Gasteiger partial charge in [-0.1, -0.05) is 0 Å². The van der Waals surface area contributed by atoms with Crippen molar-refractivity contribution in [2.75, 3.05) is 6.54 Å². The van der Waals surface area contributed by atoms with Crippen molar-refractivity contribution in [3.05, 3.63) is 12.2 Å². The highest BCUT2D eigenvalue weighted by Gasteiger charge is 1.99. The number of aromatic nitrogens is 3. The zero-order valence-corrected chi connectivity index (χ0v) is 8.77. The lowest BCUT2D eigenvalue weighted by Crippen LogP contribution is -2.18. The molecule has 1 atom stereocenters. The molecule has 5 heteroatoms. The second-order valence-corrected chi connectivity index (χ2v) is 3.47. The SMILES string of the molecule is CC(O)CCCNCc1ncnn1C. The van der Waals surface area contributed by atoms with E-state index in [4.69, 9.17) is 5.11 Å². The molecule has 1 heterocycles. The van der Waals surface area contributed by atoms with Gasteiger partial charge in [0.05, 0.1) is 12.6 Å². The van der Waals surface area contributed by atoms with Crippen molar-refractivity contribution in [1.82, 2.24) is 20.1 Å². The standard InChI is InChI=1S/C9H18N4O/c1-8(14)4-3-5-10-6-9-11-7-12-13(9)2/h7-8,10,14H,3-6H2,1-2H3. The Bertz CT molecular complexity index is 259. The Morgan fingerprint density at radius 1 is 1.64 bits per heavy atom. The molecule has 1 aromatic rings. The van der Waals surface area contributed by atoms with Gasteiger partial charge in [0.2, 0.25) is 0 Å². The summed E-state index contributed by atoms with van der Waals surface area (Å²) in [4.78, 5) is 4.09. The van der Waals surface area contributed by atoms with E-state index in [0.717, 1.165) is 31.8 Å². The molecule has 0 radical (unpaired) electrons. The van der Waals surface area contributed by atoms with Gasteiger partial charge in [0.1, 0.15) is 12.2 Å². The van der Waals surface area contributed by atoms with Crippen LogP contribution in [0.4, 0.5) is 0 Å². The van der Waals surface area contributed by atoms with Crippen molar-refractivity contribution >= 4 is 0 Å². The molecule has 1 aromatic heterocycles. The van der Waals surface area contributed by atoms with Crippen LogP contribution in [0.1, 0.15) is 25.6 Å². The van der Waals surface area contributed by atoms with Crippen molar-refractivity contribution in [2.45, 2.75) is 32.4 Å². The molecule has 0 aromatic carbocycles. The summed E-state index contributed by atoms with van der Waals surface area (Å²) < 4.78 is 1.75. The summed E-state index contributed by atoms with van der Waals surface area (Å²) in [5.41, 5.74) is 0. The minimum Gasteiger partial charge on any atom is -0.393 e. The summed E-state index contributed by atoms with van der Waals surface area (Å²) >= 11 is 0. The summed E-state index contributed by atoms with van der Waals surface area (Å²) in [5, 5.41) is 16.2. The molecule has 0 bridgehead atoms. The van der Waals surface area contributed by atoms with Crippen LogP contribution >= 0.6 is 0 Å². The molecule has 0 amide bonds. The van der Waals surface area contributed by atoms with E-state index in [-0.39, 0.29) is 6.10 Å². The van der Waals surface area contributed by atoms with Crippen molar-refractivity contribution in [2.24, 2.45) is 7.05 Å². The third-order valence-corrected chi connectivity index (χ3v) is 2.06. The zero-order chi connectivity index (χ0) is 10.4. The van der Waals surface area contributed by atoms with Crippen LogP contribution in [0.5, 0.6) is 0 Å². The maximum absolute atomic E-state index is 9.03. The lowest BCUT2D eigenvalue weighted by atomic mass is 10.2. The van der Waals surface area contributed by atoms with Crippen LogP contribution in [0.2, 0.25) is 0 Å². The van der Waals surface area contributed by atoms with Crippen molar-refractivity contribution in [1.29, 1.82) is 0 Å². The number of rotatable bonds is 6. The fourth-order valence-corrected chi connectivity index (χ4v) is 1.20. The smallest absolute Gasteiger partial charge is 0.140 e. The van der Waals surface area contributed by atoms with E-state index in [1.165, 1.54) is 0 Å². The lowest BCUT2D eigenvalue weighted by molar-refractivity contribution is 0.181. The van der Waals surface area contributed by atoms with Crippen LogP contribution in [0.3, 0.4) is 0 Å². The largest absolute Gasteiger partial charge is 0.393 e. The van der Waals surface area contributed by atoms with E-state index in [9.17, 15) is 0 Å². The van der Waals surface area contributed by atoms with E-state index in [1.54, 1.807) is 11.0 Å². The molecule has 0 fully saturated rings. The van der Waals surface area contributed by atoms with Gasteiger partial charge in [0.25, 0.3) is 0 Å². The van der Waals surface area contributed by atoms with Crippen LogP contribution < -0.4 is 5.32 Å². The van der Waals surface area contributed by atoms with Gasteiger partial charge in [-0.15, -0.1) is 0 Å². The quantitative estimate of drug-likeness (QED) is 0.635. The number of hydrogen-bond acceptors (Lipinski definition) is 4. The average molecular weight is 198 g/mol. The van der Waals surface area contributed by atoms with E-state index in [0.29, 0.717) is 0 Å². The Hall–Kier alpha value is -0.940. The van der Waals surface area contributed by atoms with Crippen molar-refractivity contribution in [3.63, 3.8) is 0 Å². The molecule has 80 valence electrons. The molecule has 0 aliphatic carbocycles. The first-order chi connectivity index (χ1) is 6.70. The highest BCUT2D eigenvalue weighted by Crippen LogP contribution is 1.94. The summed E-state index contributed by atoms with van der Waals surface area (Å²) in [7, 11) is 1.87. The first-order valence-corrected chi connectivity index (χ1v) is 4.92. The molecule has 5 nitrogen and oxygen atoms in total. The van der Waals surface area contributed by atoms with Gasteiger partial charge in [-0.3, -0.25) is 4.68 Å². The van der Waals surface area contributed by atoms with Crippen molar-refractivity contribution < 1.29 is 5.11 Å². The Morgan fingerprint density at radius 3 is 3.00 bits per heavy atom. The Morgan fingerprint density at radius 2 is 2.43 bits per heavy atom. The van der Waals surface area contributed by atoms with E-state index >= 15 is 0 Å². The predicted molar refractivity (Wildman–Crippen MR) is 53.6 cm³/mol. The van der Waals surface area contributed by atoms with Gasteiger partial charge < -0.3 is 10.4 Å². The molecule has 0 spiro atoms. The fraction of sp³-hybridized carbons (Fsp3) is 0.778. The van der Waals surface area contributed by atoms with Gasteiger partial charge in [0.15, 0.2) is 0 Å². The molecular formula is C9H18N4O. The first kappa shape index (κ1) is 11.1. The molecule has 0 aliphatic heterocycles. The molecule has 1 unspecified atom stereocenters. The van der Waals surface area contributed by atoms with Crippen LogP contribution in [0, 0.1) is 0 Å². The van der Waals surface area contributed by atoms with Crippen LogP contribution in [0.15, 0.2) is 6.33 Å². The fourth-order valence-electron chi connectivity index (χ4n) is 1.20. The van der Waals surface area contributed by atoms with Gasteiger partial charge in [-0.05, 0) is 26.3 Å². The van der Waals surface area contributed by atoms with Gasteiger partial charge >= 0.3 is 0 Å². The third kappa shape index (κ3) is 3.85. The van der Waals surface area contributed by atoms with Crippen LogP contribution in [-0.2, 0) is 13.6 Å². The topological polar surface area (TPSA) is 63.0 Å². The molecule has 0 saturated carbocycles. The molecule has 0 aliphatic rings. The van der Waals surface area contributed by atoms with Crippen LogP contribution in [-0.4, -0.2) is 32.5 Å². The zero-order valence-electron chi connectivity index (χ0n) is 8.77. The lowest BCUT2D eigenvalue weighted by Gasteiger charge is -2.05. The normalized spacial score (nSPS) is 13.1. The summed E-state index contributed by atoms with van der Waals surface area (Å²) in [6.45, 7) is 3.44. The maximum Gasteiger partial charge on any atom is 0.140 e.